The van der Waals surface area contributed by atoms with Gasteiger partial charge in [-0.1, -0.05) is 47.5 Å². The molecule has 2 aromatic carbocycles. The number of benzene rings is 2. The van der Waals surface area contributed by atoms with Crippen LogP contribution in [0.15, 0.2) is 42.5 Å². The second-order valence-electron chi connectivity index (χ2n) is 4.97. The molecule has 0 heterocycles. The van der Waals surface area contributed by atoms with Crippen LogP contribution in [-0.4, -0.2) is 6.04 Å². The molecule has 0 aliphatic heterocycles. The van der Waals surface area contributed by atoms with Crippen molar-refractivity contribution in [1.82, 2.24) is 5.32 Å². The Morgan fingerprint density at radius 3 is 2.26 bits per heavy atom. The molecule has 1 aliphatic rings. The fourth-order valence-corrected chi connectivity index (χ4v) is 2.43. The number of hydrogen-bond donors (Lipinski definition) is 1. The van der Waals surface area contributed by atoms with E-state index in [9.17, 15) is 0 Å². The Morgan fingerprint density at radius 1 is 0.947 bits per heavy atom. The van der Waals surface area contributed by atoms with Gasteiger partial charge in [0.05, 0.1) is 0 Å². The maximum Gasteiger partial charge on any atom is 0.0457 e. The van der Waals surface area contributed by atoms with Gasteiger partial charge in [0.15, 0.2) is 0 Å². The van der Waals surface area contributed by atoms with E-state index in [1.165, 1.54) is 12.8 Å². The highest BCUT2D eigenvalue weighted by molar-refractivity contribution is 6.31. The van der Waals surface area contributed by atoms with E-state index in [2.05, 4.69) is 17.4 Å². The molecule has 1 N–H and O–H groups in total. The number of halogens is 2. The van der Waals surface area contributed by atoms with Gasteiger partial charge < -0.3 is 5.32 Å². The van der Waals surface area contributed by atoms with E-state index >= 15 is 0 Å². The van der Waals surface area contributed by atoms with Gasteiger partial charge in [0, 0.05) is 22.6 Å². The van der Waals surface area contributed by atoms with E-state index in [0.717, 1.165) is 33.3 Å². The summed E-state index contributed by atoms with van der Waals surface area (Å²) in [6, 6.07) is 14.7. The summed E-state index contributed by atoms with van der Waals surface area (Å²) < 4.78 is 0. The first-order chi connectivity index (χ1) is 9.22. The van der Waals surface area contributed by atoms with Gasteiger partial charge in [-0.05, 0) is 47.7 Å². The normalized spacial score (nSPS) is 14.6. The van der Waals surface area contributed by atoms with Crippen LogP contribution < -0.4 is 5.32 Å². The van der Waals surface area contributed by atoms with Gasteiger partial charge in [0.2, 0.25) is 0 Å². The fraction of sp³-hybridized carbons (Fsp3) is 0.250. The molecule has 1 fully saturated rings. The molecule has 2 aromatic rings. The molecule has 3 heteroatoms. The summed E-state index contributed by atoms with van der Waals surface area (Å²) >= 11 is 12.2. The maximum absolute atomic E-state index is 6.35. The predicted octanol–water partition coefficient (Wildman–Crippen LogP) is 4.91. The molecule has 98 valence electrons. The average molecular weight is 292 g/mol. The highest BCUT2D eigenvalue weighted by Gasteiger charge is 2.20. The number of hydrogen-bond acceptors (Lipinski definition) is 1. The van der Waals surface area contributed by atoms with Crippen molar-refractivity contribution in [3.63, 3.8) is 0 Å². The van der Waals surface area contributed by atoms with E-state index in [1.807, 2.05) is 30.3 Å². The van der Waals surface area contributed by atoms with E-state index in [0.29, 0.717) is 6.04 Å². The predicted molar refractivity (Wildman–Crippen MR) is 81.8 cm³/mol. The highest BCUT2D eigenvalue weighted by Crippen LogP contribution is 2.27. The summed E-state index contributed by atoms with van der Waals surface area (Å²) in [6.45, 7) is 0.852. The van der Waals surface area contributed by atoms with Gasteiger partial charge in [-0.25, -0.2) is 0 Å². The Morgan fingerprint density at radius 2 is 1.63 bits per heavy atom. The minimum Gasteiger partial charge on any atom is -0.310 e. The van der Waals surface area contributed by atoms with Gasteiger partial charge in [-0.3, -0.25) is 0 Å². The van der Waals surface area contributed by atoms with Crippen LogP contribution in [0, 0.1) is 0 Å². The van der Waals surface area contributed by atoms with Gasteiger partial charge in [0.25, 0.3) is 0 Å². The molecule has 1 aliphatic carbocycles. The van der Waals surface area contributed by atoms with Crippen molar-refractivity contribution in [2.75, 3.05) is 0 Å². The van der Waals surface area contributed by atoms with Crippen molar-refractivity contribution >= 4 is 23.2 Å². The Hall–Kier alpha value is -1.02. The van der Waals surface area contributed by atoms with Crippen molar-refractivity contribution < 1.29 is 0 Å². The standard InChI is InChI=1S/C16H15Cl2N/c17-14-5-3-11(4-6-14)12-1-2-13(16(18)9-12)10-19-15-7-8-15/h1-6,9,15,19H,7-8,10H2. The summed E-state index contributed by atoms with van der Waals surface area (Å²) in [7, 11) is 0. The minimum absolute atomic E-state index is 0.701. The minimum atomic E-state index is 0.701. The molecule has 0 atom stereocenters. The molecule has 3 rings (SSSR count). The smallest absolute Gasteiger partial charge is 0.0457 e. The first-order valence-corrected chi connectivity index (χ1v) is 7.26. The maximum atomic E-state index is 6.35. The molecule has 0 saturated heterocycles. The van der Waals surface area contributed by atoms with Crippen molar-refractivity contribution in [2.45, 2.75) is 25.4 Å². The van der Waals surface area contributed by atoms with Crippen LogP contribution in [0.25, 0.3) is 11.1 Å². The Labute approximate surface area is 123 Å². The molecule has 1 nitrogen and oxygen atoms in total. The lowest BCUT2D eigenvalue weighted by Gasteiger charge is -2.08. The van der Waals surface area contributed by atoms with Crippen molar-refractivity contribution in [3.05, 3.63) is 58.1 Å². The van der Waals surface area contributed by atoms with E-state index in [4.69, 9.17) is 23.2 Å². The summed E-state index contributed by atoms with van der Waals surface area (Å²) in [5.74, 6) is 0. The zero-order valence-electron chi connectivity index (χ0n) is 10.5. The van der Waals surface area contributed by atoms with Crippen molar-refractivity contribution in [2.24, 2.45) is 0 Å². The molecule has 0 amide bonds. The monoisotopic (exact) mass is 291 g/mol. The highest BCUT2D eigenvalue weighted by atomic mass is 35.5. The van der Waals surface area contributed by atoms with Crippen LogP contribution in [0.5, 0.6) is 0 Å². The Bertz CT molecular complexity index is 574. The Kier molecular flexibility index (Phi) is 3.79. The molecule has 1 saturated carbocycles. The quantitative estimate of drug-likeness (QED) is 0.844. The van der Waals surface area contributed by atoms with Crippen LogP contribution in [-0.2, 0) is 6.54 Å². The van der Waals surface area contributed by atoms with Crippen LogP contribution in [0.1, 0.15) is 18.4 Å². The van der Waals surface area contributed by atoms with Gasteiger partial charge >= 0.3 is 0 Å². The molecule has 0 aromatic heterocycles. The summed E-state index contributed by atoms with van der Waals surface area (Å²) in [6.07, 6.45) is 2.58. The number of nitrogens with one attached hydrogen (secondary N) is 1. The van der Waals surface area contributed by atoms with Gasteiger partial charge in [-0.15, -0.1) is 0 Å². The topological polar surface area (TPSA) is 12.0 Å². The lowest BCUT2D eigenvalue weighted by atomic mass is 10.0. The van der Waals surface area contributed by atoms with Gasteiger partial charge in [-0.2, -0.15) is 0 Å². The van der Waals surface area contributed by atoms with Gasteiger partial charge in [0.1, 0.15) is 0 Å². The number of rotatable bonds is 4. The van der Waals surface area contributed by atoms with E-state index < -0.39 is 0 Å². The zero-order valence-corrected chi connectivity index (χ0v) is 12.0. The largest absolute Gasteiger partial charge is 0.310 e. The Balaban J connectivity index is 1.79. The summed E-state index contributed by atoms with van der Waals surface area (Å²) in [4.78, 5) is 0. The van der Waals surface area contributed by atoms with E-state index in [-0.39, 0.29) is 0 Å². The third-order valence-corrected chi connectivity index (χ3v) is 3.99. The third kappa shape index (κ3) is 3.30. The van der Waals surface area contributed by atoms with Crippen LogP contribution >= 0.6 is 23.2 Å². The molecule has 0 spiro atoms. The second kappa shape index (κ2) is 5.54. The first kappa shape index (κ1) is 13.0. The van der Waals surface area contributed by atoms with Crippen molar-refractivity contribution in [3.8, 4) is 11.1 Å². The molecular formula is C16H15Cl2N. The summed E-state index contributed by atoms with van der Waals surface area (Å²) in [5, 5.41) is 5.05. The van der Waals surface area contributed by atoms with Crippen molar-refractivity contribution in [1.29, 1.82) is 0 Å². The fourth-order valence-electron chi connectivity index (χ4n) is 2.05. The van der Waals surface area contributed by atoms with Crippen LogP contribution in [0.4, 0.5) is 0 Å². The molecule has 0 radical (unpaired) electrons. The lowest BCUT2D eigenvalue weighted by Crippen LogP contribution is -2.15. The third-order valence-electron chi connectivity index (χ3n) is 3.39. The van der Waals surface area contributed by atoms with Crippen LogP contribution in [0.2, 0.25) is 10.0 Å². The van der Waals surface area contributed by atoms with E-state index in [1.54, 1.807) is 0 Å². The zero-order chi connectivity index (χ0) is 13.2. The van der Waals surface area contributed by atoms with Crippen LogP contribution in [0.3, 0.4) is 0 Å². The second-order valence-corrected chi connectivity index (χ2v) is 5.81. The molecule has 0 bridgehead atoms. The lowest BCUT2D eigenvalue weighted by molar-refractivity contribution is 0.688. The first-order valence-electron chi connectivity index (χ1n) is 6.50. The molecule has 19 heavy (non-hydrogen) atoms. The molecule has 0 unspecified atom stereocenters. The SMILES string of the molecule is Clc1ccc(-c2ccc(CNC3CC3)c(Cl)c2)cc1. The molecular weight excluding hydrogens is 277 g/mol. The summed E-state index contributed by atoms with van der Waals surface area (Å²) in [5.41, 5.74) is 3.41. The average Bonchev–Trinajstić information content (AvgIpc) is 3.22.